The normalized spacial score (nSPS) is 13.0. The van der Waals surface area contributed by atoms with E-state index in [-0.39, 0.29) is 11.5 Å². The molecule has 0 radical (unpaired) electrons. The van der Waals surface area contributed by atoms with E-state index >= 15 is 0 Å². The second kappa shape index (κ2) is 7.25. The summed E-state index contributed by atoms with van der Waals surface area (Å²) in [6.07, 6.45) is 0.810. The zero-order valence-electron chi connectivity index (χ0n) is 13.9. The quantitative estimate of drug-likeness (QED) is 0.925. The van der Waals surface area contributed by atoms with Gasteiger partial charge in [0.15, 0.2) is 11.5 Å². The van der Waals surface area contributed by atoms with E-state index in [0.717, 1.165) is 12.0 Å². The van der Waals surface area contributed by atoms with Gasteiger partial charge in [-0.1, -0.05) is 12.1 Å². The number of hydrogen-bond donors (Lipinski definition) is 1. The summed E-state index contributed by atoms with van der Waals surface area (Å²) in [5.74, 6) is 0.129. The van der Waals surface area contributed by atoms with Gasteiger partial charge in [-0.15, -0.1) is 0 Å². The van der Waals surface area contributed by atoms with Gasteiger partial charge in [0.25, 0.3) is 5.91 Å². The largest absolute Gasteiger partial charge is 0.490 e. The third kappa shape index (κ3) is 3.91. The van der Waals surface area contributed by atoms with Gasteiger partial charge in [0, 0.05) is 25.6 Å². The maximum Gasteiger partial charge on any atom is 0.335 e. The van der Waals surface area contributed by atoms with Crippen molar-refractivity contribution in [2.24, 2.45) is 0 Å². The van der Waals surface area contributed by atoms with Gasteiger partial charge in [-0.25, -0.2) is 4.79 Å². The van der Waals surface area contributed by atoms with Crippen LogP contribution in [0.15, 0.2) is 42.5 Å². The summed E-state index contributed by atoms with van der Waals surface area (Å²) >= 11 is 0. The monoisotopic (exact) mass is 341 g/mol. The van der Waals surface area contributed by atoms with E-state index in [2.05, 4.69) is 0 Å². The molecule has 0 saturated heterocycles. The van der Waals surface area contributed by atoms with Crippen LogP contribution in [0, 0.1) is 0 Å². The van der Waals surface area contributed by atoms with Crippen molar-refractivity contribution in [2.45, 2.75) is 13.0 Å². The van der Waals surface area contributed by atoms with Crippen molar-refractivity contribution in [2.75, 3.05) is 20.3 Å². The predicted molar refractivity (Wildman–Crippen MR) is 91.2 cm³/mol. The van der Waals surface area contributed by atoms with Gasteiger partial charge in [0.2, 0.25) is 0 Å². The second-order valence-corrected chi connectivity index (χ2v) is 5.88. The van der Waals surface area contributed by atoms with Crippen LogP contribution in [-0.4, -0.2) is 42.1 Å². The number of aromatic carboxylic acids is 1. The molecule has 2 aromatic rings. The number of fused-ring (bicyclic) bond motifs is 1. The molecule has 0 atom stereocenters. The SMILES string of the molecule is CN(Cc1ccc(C(=O)O)cc1)C(=O)c1ccc2c(c1)OCCCO2. The van der Waals surface area contributed by atoms with E-state index in [1.165, 1.54) is 12.1 Å². The molecule has 0 unspecified atom stereocenters. The van der Waals surface area contributed by atoms with Crippen molar-refractivity contribution in [3.8, 4) is 11.5 Å². The van der Waals surface area contributed by atoms with Crippen LogP contribution >= 0.6 is 0 Å². The van der Waals surface area contributed by atoms with Crippen molar-refractivity contribution in [1.82, 2.24) is 4.90 Å². The van der Waals surface area contributed by atoms with E-state index < -0.39 is 5.97 Å². The van der Waals surface area contributed by atoms with Crippen LogP contribution in [0.25, 0.3) is 0 Å². The molecule has 1 amide bonds. The van der Waals surface area contributed by atoms with Gasteiger partial charge in [-0.05, 0) is 35.9 Å². The highest BCUT2D eigenvalue weighted by molar-refractivity contribution is 5.94. The molecule has 0 fully saturated rings. The van der Waals surface area contributed by atoms with Crippen molar-refractivity contribution < 1.29 is 24.2 Å². The summed E-state index contributed by atoms with van der Waals surface area (Å²) in [6.45, 7) is 1.55. The molecule has 1 aliphatic heterocycles. The molecule has 6 heteroatoms. The van der Waals surface area contributed by atoms with Gasteiger partial charge in [0.05, 0.1) is 18.8 Å². The highest BCUT2D eigenvalue weighted by atomic mass is 16.5. The molecular weight excluding hydrogens is 322 g/mol. The van der Waals surface area contributed by atoms with Crippen LogP contribution in [0.5, 0.6) is 11.5 Å². The van der Waals surface area contributed by atoms with E-state index in [9.17, 15) is 9.59 Å². The number of hydrogen-bond acceptors (Lipinski definition) is 4. The first-order valence-corrected chi connectivity index (χ1v) is 8.02. The molecule has 130 valence electrons. The number of nitrogens with zero attached hydrogens (tertiary/aromatic N) is 1. The Labute approximate surface area is 145 Å². The molecule has 0 aromatic heterocycles. The summed E-state index contributed by atoms with van der Waals surface area (Å²) in [4.78, 5) is 25.1. The van der Waals surface area contributed by atoms with E-state index in [1.54, 1.807) is 42.3 Å². The topological polar surface area (TPSA) is 76.1 Å². The second-order valence-electron chi connectivity index (χ2n) is 5.88. The lowest BCUT2D eigenvalue weighted by Gasteiger charge is -2.18. The minimum Gasteiger partial charge on any atom is -0.490 e. The van der Waals surface area contributed by atoms with Gasteiger partial charge < -0.3 is 19.5 Å². The highest BCUT2D eigenvalue weighted by Crippen LogP contribution is 2.30. The number of carbonyl (C=O) groups is 2. The number of carbonyl (C=O) groups excluding carboxylic acids is 1. The molecule has 0 aliphatic carbocycles. The first-order valence-electron chi connectivity index (χ1n) is 8.02. The van der Waals surface area contributed by atoms with Gasteiger partial charge in [0.1, 0.15) is 0 Å². The minimum atomic E-state index is -0.969. The van der Waals surface area contributed by atoms with Crippen molar-refractivity contribution in [3.05, 3.63) is 59.2 Å². The Hall–Kier alpha value is -3.02. The van der Waals surface area contributed by atoms with Crippen LogP contribution in [0.2, 0.25) is 0 Å². The molecule has 1 aliphatic rings. The average molecular weight is 341 g/mol. The molecule has 3 rings (SSSR count). The molecule has 0 bridgehead atoms. The number of carboxylic acids is 1. The number of carboxylic acid groups (broad SMARTS) is 1. The Kier molecular flexibility index (Phi) is 4.88. The van der Waals surface area contributed by atoms with Crippen LogP contribution in [0.4, 0.5) is 0 Å². The van der Waals surface area contributed by atoms with Gasteiger partial charge in [-0.2, -0.15) is 0 Å². The Morgan fingerprint density at radius 2 is 1.64 bits per heavy atom. The van der Waals surface area contributed by atoms with Crippen LogP contribution in [-0.2, 0) is 6.54 Å². The summed E-state index contributed by atoms with van der Waals surface area (Å²) in [5, 5.41) is 8.92. The van der Waals surface area contributed by atoms with Crippen molar-refractivity contribution in [1.29, 1.82) is 0 Å². The predicted octanol–water partition coefficient (Wildman–Crippen LogP) is 2.82. The molecule has 1 heterocycles. The number of ether oxygens (including phenoxy) is 2. The highest BCUT2D eigenvalue weighted by Gasteiger charge is 2.17. The Bertz CT molecular complexity index is 785. The molecule has 25 heavy (non-hydrogen) atoms. The van der Waals surface area contributed by atoms with E-state index in [1.807, 2.05) is 0 Å². The Morgan fingerprint density at radius 1 is 1.00 bits per heavy atom. The fraction of sp³-hybridized carbons (Fsp3) is 0.263. The molecule has 2 aromatic carbocycles. The summed E-state index contributed by atoms with van der Waals surface area (Å²) in [6, 6.07) is 11.7. The lowest BCUT2D eigenvalue weighted by atomic mass is 10.1. The lowest BCUT2D eigenvalue weighted by Crippen LogP contribution is -2.26. The zero-order valence-corrected chi connectivity index (χ0v) is 13.9. The third-order valence-corrected chi connectivity index (χ3v) is 3.96. The lowest BCUT2D eigenvalue weighted by molar-refractivity contribution is 0.0695. The van der Waals surface area contributed by atoms with E-state index in [0.29, 0.717) is 36.8 Å². The maximum absolute atomic E-state index is 12.6. The fourth-order valence-electron chi connectivity index (χ4n) is 2.62. The molecular formula is C19H19NO5. The standard InChI is InChI=1S/C19H19NO5/c1-20(12-13-3-5-14(6-4-13)19(22)23)18(21)15-7-8-16-17(11-15)25-10-2-9-24-16/h3-8,11H,2,9-10,12H2,1H3,(H,22,23). The number of benzene rings is 2. The number of amides is 1. The zero-order chi connectivity index (χ0) is 17.8. The average Bonchev–Trinajstić information content (AvgIpc) is 2.86. The Morgan fingerprint density at radius 3 is 2.32 bits per heavy atom. The number of rotatable bonds is 4. The molecule has 6 nitrogen and oxygen atoms in total. The first-order chi connectivity index (χ1) is 12.0. The molecule has 0 saturated carbocycles. The summed E-state index contributed by atoms with van der Waals surface area (Å²) < 4.78 is 11.2. The van der Waals surface area contributed by atoms with E-state index in [4.69, 9.17) is 14.6 Å². The van der Waals surface area contributed by atoms with Crippen molar-refractivity contribution in [3.63, 3.8) is 0 Å². The van der Waals surface area contributed by atoms with Gasteiger partial charge in [-0.3, -0.25) is 4.79 Å². The smallest absolute Gasteiger partial charge is 0.335 e. The molecule has 1 N–H and O–H groups in total. The fourth-order valence-corrected chi connectivity index (χ4v) is 2.62. The first kappa shape index (κ1) is 16.8. The minimum absolute atomic E-state index is 0.141. The summed E-state index contributed by atoms with van der Waals surface area (Å²) in [7, 11) is 1.70. The molecule has 0 spiro atoms. The van der Waals surface area contributed by atoms with Crippen LogP contribution in [0.1, 0.15) is 32.7 Å². The van der Waals surface area contributed by atoms with Crippen molar-refractivity contribution >= 4 is 11.9 Å². The summed E-state index contributed by atoms with van der Waals surface area (Å²) in [5.41, 5.74) is 1.60. The maximum atomic E-state index is 12.6. The third-order valence-electron chi connectivity index (χ3n) is 3.96. The van der Waals surface area contributed by atoms with Gasteiger partial charge >= 0.3 is 5.97 Å². The van der Waals surface area contributed by atoms with Crippen LogP contribution in [0.3, 0.4) is 0 Å². The Balaban J connectivity index is 1.71. The van der Waals surface area contributed by atoms with Crippen LogP contribution < -0.4 is 9.47 Å².